The molecule has 1 rings (SSSR count). The van der Waals surface area contributed by atoms with E-state index in [1.165, 1.54) is 38.2 Å². The number of hydrogen-bond donors (Lipinski definition) is 1. The Kier molecular flexibility index (Phi) is 6.49. The monoisotopic (exact) mass is 272 g/mol. The second kappa shape index (κ2) is 7.16. The van der Waals surface area contributed by atoms with E-state index in [1.807, 2.05) is 0 Å². The maximum atomic E-state index is 3.53. The highest BCUT2D eigenvalue weighted by atomic mass is 32.2. The summed E-state index contributed by atoms with van der Waals surface area (Å²) in [6.07, 6.45) is 2.58. The van der Waals surface area contributed by atoms with E-state index in [0.717, 1.165) is 13.1 Å². The van der Waals surface area contributed by atoms with Crippen LogP contribution < -0.4 is 5.32 Å². The van der Waals surface area contributed by atoms with Crippen LogP contribution >= 0.6 is 11.8 Å². The van der Waals surface area contributed by atoms with Crippen molar-refractivity contribution < 1.29 is 0 Å². The van der Waals surface area contributed by atoms with Crippen molar-refractivity contribution in [2.24, 2.45) is 5.41 Å². The third-order valence-corrected chi connectivity index (χ3v) is 5.56. The average molecular weight is 273 g/mol. The Labute approximate surface area is 118 Å². The molecule has 1 N–H and O–H groups in total. The lowest BCUT2D eigenvalue weighted by Crippen LogP contribution is -2.43. The van der Waals surface area contributed by atoms with Crippen molar-refractivity contribution in [3.63, 3.8) is 0 Å². The van der Waals surface area contributed by atoms with Gasteiger partial charge in [0.15, 0.2) is 0 Å². The Morgan fingerprint density at radius 1 is 1.28 bits per heavy atom. The largest absolute Gasteiger partial charge is 0.316 e. The minimum atomic E-state index is 0.426. The highest BCUT2D eigenvalue weighted by molar-refractivity contribution is 8.00. The minimum Gasteiger partial charge on any atom is -0.316 e. The topological polar surface area (TPSA) is 15.3 Å². The van der Waals surface area contributed by atoms with Crippen molar-refractivity contribution in [2.75, 3.05) is 38.5 Å². The summed E-state index contributed by atoms with van der Waals surface area (Å²) in [5.41, 5.74) is 0.426. The van der Waals surface area contributed by atoms with E-state index in [9.17, 15) is 0 Å². The lowest BCUT2D eigenvalue weighted by atomic mass is 9.86. The normalized spacial score (nSPS) is 24.5. The molecule has 2 nitrogen and oxygen atoms in total. The van der Waals surface area contributed by atoms with E-state index in [1.54, 1.807) is 0 Å². The lowest BCUT2D eigenvalue weighted by molar-refractivity contribution is 0.160. The second-order valence-electron chi connectivity index (χ2n) is 6.58. The van der Waals surface area contributed by atoms with Crippen LogP contribution in [0.15, 0.2) is 0 Å². The Morgan fingerprint density at radius 3 is 2.61 bits per heavy atom. The smallest absolute Gasteiger partial charge is 0.0116 e. The number of nitrogens with zero attached hydrogens (tertiary/aromatic N) is 1. The number of rotatable bonds is 6. The van der Waals surface area contributed by atoms with Gasteiger partial charge in [0.05, 0.1) is 0 Å². The van der Waals surface area contributed by atoms with Crippen LogP contribution in [0, 0.1) is 5.41 Å². The van der Waals surface area contributed by atoms with Gasteiger partial charge in [-0.15, -0.1) is 0 Å². The average Bonchev–Trinajstić information content (AvgIpc) is 2.48. The molecule has 0 spiro atoms. The van der Waals surface area contributed by atoms with Gasteiger partial charge in [0.2, 0.25) is 0 Å². The molecule has 1 aliphatic heterocycles. The zero-order valence-corrected chi connectivity index (χ0v) is 13.8. The van der Waals surface area contributed by atoms with Crippen molar-refractivity contribution in [1.29, 1.82) is 0 Å². The van der Waals surface area contributed by atoms with Crippen LogP contribution in [-0.2, 0) is 0 Å². The molecule has 0 radical (unpaired) electrons. The van der Waals surface area contributed by atoms with Gasteiger partial charge in [-0.25, -0.2) is 0 Å². The Balaban J connectivity index is 2.49. The van der Waals surface area contributed by atoms with E-state index in [4.69, 9.17) is 0 Å². The molecule has 0 amide bonds. The van der Waals surface area contributed by atoms with Crippen LogP contribution in [0.25, 0.3) is 0 Å². The summed E-state index contributed by atoms with van der Waals surface area (Å²) in [5.74, 6) is 1.29. The van der Waals surface area contributed by atoms with Gasteiger partial charge >= 0.3 is 0 Å². The molecule has 0 bridgehead atoms. The van der Waals surface area contributed by atoms with Gasteiger partial charge in [-0.05, 0) is 31.3 Å². The van der Waals surface area contributed by atoms with E-state index in [0.29, 0.717) is 10.2 Å². The number of thioether (sulfide) groups is 1. The fourth-order valence-electron chi connectivity index (χ4n) is 2.48. The summed E-state index contributed by atoms with van der Waals surface area (Å²) in [6, 6.07) is 0. The Bertz CT molecular complexity index is 243. The van der Waals surface area contributed by atoms with Crippen molar-refractivity contribution in [3.8, 4) is 0 Å². The summed E-state index contributed by atoms with van der Waals surface area (Å²) >= 11 is 2.14. The fourth-order valence-corrected chi connectivity index (χ4v) is 3.62. The lowest BCUT2D eigenvalue weighted by Gasteiger charge is -2.34. The zero-order valence-electron chi connectivity index (χ0n) is 13.0. The van der Waals surface area contributed by atoms with Crippen molar-refractivity contribution in [3.05, 3.63) is 0 Å². The van der Waals surface area contributed by atoms with Gasteiger partial charge in [-0.2, -0.15) is 11.8 Å². The van der Waals surface area contributed by atoms with Gasteiger partial charge < -0.3 is 10.2 Å². The maximum Gasteiger partial charge on any atom is 0.0116 e. The minimum absolute atomic E-state index is 0.426. The molecule has 0 aromatic carbocycles. The van der Waals surface area contributed by atoms with Crippen molar-refractivity contribution in [2.45, 2.75) is 52.2 Å². The Hall–Kier alpha value is 0.270. The van der Waals surface area contributed by atoms with Crippen LogP contribution in [0.3, 0.4) is 0 Å². The molecule has 1 heterocycles. The molecule has 3 heteroatoms. The molecule has 1 saturated heterocycles. The Morgan fingerprint density at radius 2 is 2.00 bits per heavy atom. The standard InChI is InChI=1S/C15H32N2S/c1-6-15(5,12-16-7-2)13-17-9-8-14(3,4)18-11-10-17/h16H,6-13H2,1-5H3. The quantitative estimate of drug-likeness (QED) is 0.799. The molecule has 18 heavy (non-hydrogen) atoms. The zero-order chi connectivity index (χ0) is 13.6. The molecule has 0 aromatic rings. The molecule has 1 atom stereocenters. The van der Waals surface area contributed by atoms with Crippen molar-refractivity contribution in [1.82, 2.24) is 10.2 Å². The van der Waals surface area contributed by atoms with Gasteiger partial charge in [0.25, 0.3) is 0 Å². The molecule has 0 aliphatic carbocycles. The first kappa shape index (κ1) is 16.3. The van der Waals surface area contributed by atoms with E-state index in [-0.39, 0.29) is 0 Å². The van der Waals surface area contributed by atoms with Crippen LogP contribution in [-0.4, -0.2) is 48.1 Å². The van der Waals surface area contributed by atoms with Gasteiger partial charge in [0.1, 0.15) is 0 Å². The highest BCUT2D eigenvalue weighted by Crippen LogP contribution is 2.32. The third-order valence-electron chi connectivity index (χ3n) is 4.19. The van der Waals surface area contributed by atoms with Crippen LogP contribution in [0.2, 0.25) is 0 Å². The maximum absolute atomic E-state index is 3.53. The summed E-state index contributed by atoms with van der Waals surface area (Å²) in [7, 11) is 0. The number of hydrogen-bond acceptors (Lipinski definition) is 3. The number of nitrogens with one attached hydrogen (secondary N) is 1. The first-order valence-electron chi connectivity index (χ1n) is 7.48. The molecular weight excluding hydrogens is 240 g/mol. The predicted molar refractivity (Wildman–Crippen MR) is 84.5 cm³/mol. The third kappa shape index (κ3) is 5.50. The predicted octanol–water partition coefficient (Wildman–Crippen LogP) is 3.23. The molecular formula is C15H32N2S. The summed E-state index contributed by atoms with van der Waals surface area (Å²) < 4.78 is 0.471. The first-order chi connectivity index (χ1) is 8.41. The highest BCUT2D eigenvalue weighted by Gasteiger charge is 2.28. The van der Waals surface area contributed by atoms with Gasteiger partial charge in [0, 0.05) is 30.1 Å². The van der Waals surface area contributed by atoms with Gasteiger partial charge in [-0.3, -0.25) is 0 Å². The first-order valence-corrected chi connectivity index (χ1v) is 8.46. The molecule has 1 fully saturated rings. The molecule has 1 aliphatic rings. The SMILES string of the molecule is CCNCC(C)(CC)CN1CCSC(C)(C)CC1. The van der Waals surface area contributed by atoms with Crippen LogP contribution in [0.4, 0.5) is 0 Å². The second-order valence-corrected chi connectivity index (χ2v) is 8.38. The van der Waals surface area contributed by atoms with Crippen molar-refractivity contribution >= 4 is 11.8 Å². The van der Waals surface area contributed by atoms with E-state index < -0.39 is 0 Å². The van der Waals surface area contributed by atoms with Crippen LogP contribution in [0.5, 0.6) is 0 Å². The molecule has 1 unspecified atom stereocenters. The summed E-state index contributed by atoms with van der Waals surface area (Å²) in [6.45, 7) is 17.7. The summed E-state index contributed by atoms with van der Waals surface area (Å²) in [4.78, 5) is 2.68. The van der Waals surface area contributed by atoms with E-state index in [2.05, 4.69) is 56.6 Å². The van der Waals surface area contributed by atoms with Gasteiger partial charge in [-0.1, -0.05) is 34.6 Å². The molecule has 108 valence electrons. The fraction of sp³-hybridized carbons (Fsp3) is 1.00. The summed E-state index contributed by atoms with van der Waals surface area (Å²) in [5, 5.41) is 3.53. The molecule has 0 saturated carbocycles. The molecule has 0 aromatic heterocycles. The van der Waals surface area contributed by atoms with E-state index >= 15 is 0 Å². The van der Waals surface area contributed by atoms with Crippen LogP contribution in [0.1, 0.15) is 47.5 Å².